The van der Waals surface area contributed by atoms with Crippen LogP contribution in [0.25, 0.3) is 0 Å². The van der Waals surface area contributed by atoms with E-state index in [2.05, 4.69) is 29.8 Å². The summed E-state index contributed by atoms with van der Waals surface area (Å²) in [6.07, 6.45) is 34.9. The molecule has 0 rings (SSSR count). The van der Waals surface area contributed by atoms with E-state index in [0.717, 1.165) is 38.5 Å². The van der Waals surface area contributed by atoms with Gasteiger partial charge in [-0.3, -0.25) is 4.79 Å². The molecule has 7 nitrogen and oxygen atoms in total. The molecule has 272 valence electrons. The van der Waals surface area contributed by atoms with Crippen molar-refractivity contribution in [1.82, 2.24) is 16.0 Å². The standard InChI is InChI=1S/C39H77N3O4/c1-4-7-9-11-13-15-16-17-18-19-20-21-23-25-27-30-35-41-39(45)42-36(38(44)46-6-3)32-29-31-34-40-37(43)33-28-26-24-22-14-12-10-8-5-2/h36H,4-35H2,1-3H3,(H,40,43)(H2,41,42,45). The first-order valence-corrected chi connectivity index (χ1v) is 20.0. The summed E-state index contributed by atoms with van der Waals surface area (Å²) in [5.74, 6) is -0.286. The molecule has 3 N–H and O–H groups in total. The Morgan fingerprint density at radius 1 is 0.478 bits per heavy atom. The Labute approximate surface area is 285 Å². The molecule has 0 aromatic rings. The number of nitrogens with one attached hydrogen (secondary N) is 3. The zero-order valence-electron chi connectivity index (χ0n) is 30.8. The number of carbonyl (C=O) groups is 3. The van der Waals surface area contributed by atoms with Crippen molar-refractivity contribution in [3.05, 3.63) is 0 Å². The zero-order valence-corrected chi connectivity index (χ0v) is 30.8. The molecule has 0 aromatic heterocycles. The van der Waals surface area contributed by atoms with Crippen molar-refractivity contribution in [2.24, 2.45) is 0 Å². The van der Waals surface area contributed by atoms with Crippen LogP contribution in [0.4, 0.5) is 4.79 Å². The van der Waals surface area contributed by atoms with Gasteiger partial charge in [0.1, 0.15) is 6.04 Å². The highest BCUT2D eigenvalue weighted by molar-refractivity contribution is 5.83. The number of esters is 1. The summed E-state index contributed by atoms with van der Waals surface area (Å²) in [7, 11) is 0. The molecule has 0 radical (unpaired) electrons. The SMILES string of the molecule is CCCCCCCCCCCCCCCCCCNC(=O)NC(CCCCNC(=O)CCCCCCCCCCC)C(=O)OCC. The van der Waals surface area contributed by atoms with Gasteiger partial charge in [-0.15, -0.1) is 0 Å². The van der Waals surface area contributed by atoms with E-state index in [4.69, 9.17) is 4.74 Å². The van der Waals surface area contributed by atoms with Crippen LogP contribution in [0.3, 0.4) is 0 Å². The molecule has 0 heterocycles. The first-order chi connectivity index (χ1) is 22.5. The minimum absolute atomic E-state index is 0.108. The lowest BCUT2D eigenvalue weighted by molar-refractivity contribution is -0.145. The van der Waals surface area contributed by atoms with E-state index >= 15 is 0 Å². The van der Waals surface area contributed by atoms with Crippen LogP contribution < -0.4 is 16.0 Å². The minimum Gasteiger partial charge on any atom is -0.464 e. The van der Waals surface area contributed by atoms with Gasteiger partial charge >= 0.3 is 12.0 Å². The van der Waals surface area contributed by atoms with Gasteiger partial charge in [-0.05, 0) is 39.0 Å². The summed E-state index contributed by atoms with van der Waals surface area (Å²) in [6.45, 7) is 7.79. The number of hydrogen-bond acceptors (Lipinski definition) is 4. The molecule has 1 atom stereocenters. The highest BCUT2D eigenvalue weighted by atomic mass is 16.5. The summed E-state index contributed by atoms with van der Waals surface area (Å²) in [5, 5.41) is 8.70. The average molecular weight is 652 g/mol. The Balaban J connectivity index is 3.79. The van der Waals surface area contributed by atoms with Crippen molar-refractivity contribution in [3.63, 3.8) is 0 Å². The lowest BCUT2D eigenvalue weighted by Crippen LogP contribution is -2.47. The monoisotopic (exact) mass is 652 g/mol. The van der Waals surface area contributed by atoms with Crippen LogP contribution in [0, 0.1) is 0 Å². The van der Waals surface area contributed by atoms with Crippen molar-refractivity contribution in [2.75, 3.05) is 19.7 Å². The van der Waals surface area contributed by atoms with Crippen LogP contribution in [0.5, 0.6) is 0 Å². The molecule has 0 aliphatic heterocycles. The maximum Gasteiger partial charge on any atom is 0.328 e. The first-order valence-electron chi connectivity index (χ1n) is 20.0. The quantitative estimate of drug-likeness (QED) is 0.0469. The van der Waals surface area contributed by atoms with Crippen molar-refractivity contribution in [1.29, 1.82) is 0 Å². The molecular weight excluding hydrogens is 574 g/mol. The highest BCUT2D eigenvalue weighted by Crippen LogP contribution is 2.14. The number of hydrogen-bond donors (Lipinski definition) is 3. The van der Waals surface area contributed by atoms with Crippen LogP contribution in [0.15, 0.2) is 0 Å². The fourth-order valence-electron chi connectivity index (χ4n) is 5.96. The van der Waals surface area contributed by atoms with Crippen LogP contribution in [0.2, 0.25) is 0 Å². The fourth-order valence-corrected chi connectivity index (χ4v) is 5.96. The van der Waals surface area contributed by atoms with Gasteiger partial charge in [0.2, 0.25) is 5.91 Å². The van der Waals surface area contributed by atoms with Crippen LogP contribution in [0.1, 0.15) is 207 Å². The molecule has 0 bridgehead atoms. The largest absolute Gasteiger partial charge is 0.464 e. The number of urea groups is 1. The Bertz CT molecular complexity index is 688. The van der Waals surface area contributed by atoms with Crippen molar-refractivity contribution in [2.45, 2.75) is 213 Å². The molecular formula is C39H77N3O4. The minimum atomic E-state index is -0.664. The Hall–Kier alpha value is -1.79. The molecule has 3 amide bonds. The summed E-state index contributed by atoms with van der Waals surface area (Å²) < 4.78 is 5.18. The Morgan fingerprint density at radius 3 is 1.33 bits per heavy atom. The predicted octanol–water partition coefficient (Wildman–Crippen LogP) is 10.7. The van der Waals surface area contributed by atoms with Crippen molar-refractivity contribution >= 4 is 17.9 Å². The van der Waals surface area contributed by atoms with Crippen LogP contribution >= 0.6 is 0 Å². The summed E-state index contributed by atoms with van der Waals surface area (Å²) in [4.78, 5) is 37.0. The molecule has 0 fully saturated rings. The Kier molecular flexibility index (Phi) is 34.7. The fraction of sp³-hybridized carbons (Fsp3) is 0.923. The summed E-state index contributed by atoms with van der Waals surface area (Å²) in [5.41, 5.74) is 0. The maximum atomic E-state index is 12.4. The van der Waals surface area contributed by atoms with E-state index in [1.54, 1.807) is 6.92 Å². The molecule has 7 heteroatoms. The molecule has 0 spiro atoms. The molecule has 46 heavy (non-hydrogen) atoms. The lowest BCUT2D eigenvalue weighted by atomic mass is 10.0. The number of ether oxygens (including phenoxy) is 1. The third kappa shape index (κ3) is 32.2. The van der Waals surface area contributed by atoms with Crippen molar-refractivity contribution < 1.29 is 19.1 Å². The molecule has 0 aliphatic carbocycles. The smallest absolute Gasteiger partial charge is 0.328 e. The molecule has 0 aromatic carbocycles. The van der Waals surface area contributed by atoms with Gasteiger partial charge in [0.25, 0.3) is 0 Å². The molecule has 0 aliphatic rings. The highest BCUT2D eigenvalue weighted by Gasteiger charge is 2.21. The molecule has 1 unspecified atom stereocenters. The van der Waals surface area contributed by atoms with Gasteiger partial charge < -0.3 is 20.7 Å². The number of rotatable bonds is 35. The second-order valence-electron chi connectivity index (χ2n) is 13.4. The van der Waals surface area contributed by atoms with Crippen LogP contribution in [-0.2, 0) is 14.3 Å². The number of unbranched alkanes of at least 4 members (excludes halogenated alkanes) is 24. The van der Waals surface area contributed by atoms with Gasteiger partial charge in [-0.2, -0.15) is 0 Å². The predicted molar refractivity (Wildman–Crippen MR) is 195 cm³/mol. The zero-order chi connectivity index (χ0) is 33.8. The lowest BCUT2D eigenvalue weighted by Gasteiger charge is -2.18. The van der Waals surface area contributed by atoms with E-state index in [1.165, 1.54) is 135 Å². The van der Waals surface area contributed by atoms with E-state index in [0.29, 0.717) is 25.9 Å². The number of amides is 3. The third-order valence-corrected chi connectivity index (χ3v) is 8.94. The topological polar surface area (TPSA) is 96.5 Å². The summed E-state index contributed by atoms with van der Waals surface area (Å²) in [6, 6.07) is -0.975. The maximum absolute atomic E-state index is 12.4. The van der Waals surface area contributed by atoms with Crippen LogP contribution in [-0.4, -0.2) is 43.6 Å². The van der Waals surface area contributed by atoms with Gasteiger partial charge in [0, 0.05) is 19.5 Å². The van der Waals surface area contributed by atoms with Gasteiger partial charge in [0.15, 0.2) is 0 Å². The summed E-state index contributed by atoms with van der Waals surface area (Å²) >= 11 is 0. The third-order valence-electron chi connectivity index (χ3n) is 8.94. The Morgan fingerprint density at radius 2 is 0.870 bits per heavy atom. The van der Waals surface area contributed by atoms with Crippen molar-refractivity contribution in [3.8, 4) is 0 Å². The van der Waals surface area contributed by atoms with E-state index < -0.39 is 12.0 Å². The van der Waals surface area contributed by atoms with E-state index in [9.17, 15) is 14.4 Å². The average Bonchev–Trinajstić information content (AvgIpc) is 3.04. The molecule has 0 saturated carbocycles. The second kappa shape index (κ2) is 36.1. The van der Waals surface area contributed by atoms with E-state index in [-0.39, 0.29) is 18.5 Å². The van der Waals surface area contributed by atoms with Gasteiger partial charge in [-0.1, -0.05) is 162 Å². The second-order valence-corrected chi connectivity index (χ2v) is 13.4. The normalized spacial score (nSPS) is 11.7. The number of carbonyl (C=O) groups excluding carboxylic acids is 3. The first kappa shape index (κ1) is 44.2. The molecule has 0 saturated heterocycles. The van der Waals surface area contributed by atoms with Gasteiger partial charge in [-0.25, -0.2) is 9.59 Å². The van der Waals surface area contributed by atoms with Gasteiger partial charge in [0.05, 0.1) is 6.61 Å². The van der Waals surface area contributed by atoms with E-state index in [1.807, 2.05) is 0 Å².